The summed E-state index contributed by atoms with van der Waals surface area (Å²) >= 11 is 11.9. The first kappa shape index (κ1) is 15.4. The molecule has 0 fully saturated rings. The van der Waals surface area contributed by atoms with Gasteiger partial charge in [-0.15, -0.1) is 0 Å². The smallest absolute Gasteiger partial charge is 0.410 e. The van der Waals surface area contributed by atoms with Crippen molar-refractivity contribution in [2.75, 3.05) is 5.32 Å². The topological polar surface area (TPSA) is 103 Å². The van der Waals surface area contributed by atoms with Crippen LogP contribution in [0.1, 0.15) is 17.2 Å². The van der Waals surface area contributed by atoms with Crippen LogP contribution in [0.4, 0.5) is 10.6 Å². The van der Waals surface area contributed by atoms with Crippen LogP contribution in [0.15, 0.2) is 30.5 Å². The Morgan fingerprint density at radius 1 is 1.29 bits per heavy atom. The number of aliphatic hydroxyl groups excluding tert-OH is 1. The summed E-state index contributed by atoms with van der Waals surface area (Å²) in [6.07, 6.45) is -1.24. The van der Waals surface area contributed by atoms with E-state index >= 15 is 0 Å². The third-order valence-electron chi connectivity index (χ3n) is 2.72. The molecule has 0 spiro atoms. The molecule has 6 nitrogen and oxygen atoms in total. The molecule has 1 heterocycles. The normalized spacial score (nSPS) is 12.0. The van der Waals surface area contributed by atoms with Crippen LogP contribution in [0.2, 0.25) is 10.0 Å². The Hall–Kier alpha value is -2.02. The molecule has 1 aromatic heterocycles. The number of carboxylic acid groups (broad SMARTS) is 1. The molecule has 1 amide bonds. The molecule has 1 atom stereocenters. The van der Waals surface area contributed by atoms with Gasteiger partial charge in [0.05, 0.1) is 10.0 Å². The van der Waals surface area contributed by atoms with Gasteiger partial charge in [-0.05, 0) is 29.8 Å². The summed E-state index contributed by atoms with van der Waals surface area (Å²) in [5, 5.41) is 31.1. The van der Waals surface area contributed by atoms with Crippen molar-refractivity contribution in [1.82, 2.24) is 4.98 Å². The fraction of sp³-hybridized carbons (Fsp3) is 0.0769. The minimum atomic E-state index is -1.28. The first-order chi connectivity index (χ1) is 9.90. The van der Waals surface area contributed by atoms with E-state index in [4.69, 9.17) is 28.3 Å². The molecule has 0 aliphatic rings. The van der Waals surface area contributed by atoms with Crippen molar-refractivity contribution < 1.29 is 20.1 Å². The number of nitrogens with zero attached hydrogens (tertiary/aromatic N) is 1. The van der Waals surface area contributed by atoms with Crippen LogP contribution >= 0.6 is 23.2 Å². The summed E-state index contributed by atoms with van der Waals surface area (Å²) in [5.74, 6) is -0.182. The van der Waals surface area contributed by atoms with Crippen molar-refractivity contribution >= 4 is 35.1 Å². The molecule has 2 rings (SSSR count). The van der Waals surface area contributed by atoms with E-state index in [1.807, 2.05) is 0 Å². The average Bonchev–Trinajstić information content (AvgIpc) is 2.43. The second-order valence-corrected chi connectivity index (χ2v) is 4.89. The van der Waals surface area contributed by atoms with E-state index in [1.165, 1.54) is 30.5 Å². The highest BCUT2D eigenvalue weighted by Crippen LogP contribution is 2.39. The lowest BCUT2D eigenvalue weighted by Gasteiger charge is -2.16. The molecule has 1 aromatic carbocycles. The van der Waals surface area contributed by atoms with Crippen molar-refractivity contribution in [1.29, 1.82) is 0 Å². The zero-order valence-corrected chi connectivity index (χ0v) is 11.9. The number of pyridine rings is 1. The van der Waals surface area contributed by atoms with Gasteiger partial charge in [0.1, 0.15) is 17.7 Å². The Morgan fingerprint density at radius 2 is 2.00 bits per heavy atom. The van der Waals surface area contributed by atoms with Gasteiger partial charge in [-0.1, -0.05) is 23.2 Å². The van der Waals surface area contributed by atoms with Gasteiger partial charge in [0.15, 0.2) is 0 Å². The van der Waals surface area contributed by atoms with Crippen molar-refractivity contribution in [3.8, 4) is 5.75 Å². The van der Waals surface area contributed by atoms with Gasteiger partial charge in [-0.3, -0.25) is 5.32 Å². The van der Waals surface area contributed by atoms with Crippen LogP contribution in [0.5, 0.6) is 5.75 Å². The van der Waals surface area contributed by atoms with E-state index in [0.29, 0.717) is 5.56 Å². The summed E-state index contributed by atoms with van der Waals surface area (Å²) in [4.78, 5) is 14.4. The quantitative estimate of drug-likeness (QED) is 0.692. The van der Waals surface area contributed by atoms with E-state index in [-0.39, 0.29) is 27.2 Å². The highest BCUT2D eigenvalue weighted by atomic mass is 35.5. The van der Waals surface area contributed by atoms with Crippen LogP contribution in [0.3, 0.4) is 0 Å². The maximum Gasteiger partial charge on any atom is 0.410 e. The van der Waals surface area contributed by atoms with E-state index in [1.54, 1.807) is 0 Å². The van der Waals surface area contributed by atoms with Crippen molar-refractivity contribution in [2.24, 2.45) is 0 Å². The third kappa shape index (κ3) is 3.36. The van der Waals surface area contributed by atoms with Gasteiger partial charge in [-0.25, -0.2) is 9.78 Å². The number of phenolic OH excluding ortho intramolecular Hbond substituents is 1. The fourth-order valence-electron chi connectivity index (χ4n) is 1.78. The van der Waals surface area contributed by atoms with Gasteiger partial charge in [-0.2, -0.15) is 0 Å². The number of carbonyl (C=O) groups is 1. The number of amides is 1. The molecular formula is C13H10Cl2N2O4. The van der Waals surface area contributed by atoms with Crippen molar-refractivity contribution in [2.45, 2.75) is 6.10 Å². The second kappa shape index (κ2) is 6.17. The molecule has 0 bridgehead atoms. The van der Waals surface area contributed by atoms with Crippen molar-refractivity contribution in [3.05, 3.63) is 51.6 Å². The van der Waals surface area contributed by atoms with E-state index in [0.717, 1.165) is 0 Å². The zero-order valence-electron chi connectivity index (χ0n) is 10.4. The Morgan fingerprint density at radius 3 is 2.67 bits per heavy atom. The first-order valence-corrected chi connectivity index (χ1v) is 6.46. The Bertz CT molecular complexity index is 694. The summed E-state index contributed by atoms with van der Waals surface area (Å²) in [7, 11) is 0. The predicted molar refractivity (Wildman–Crippen MR) is 78.1 cm³/mol. The van der Waals surface area contributed by atoms with Gasteiger partial charge in [0, 0.05) is 11.8 Å². The highest BCUT2D eigenvalue weighted by Gasteiger charge is 2.20. The molecule has 110 valence electrons. The molecule has 0 saturated heterocycles. The van der Waals surface area contributed by atoms with Gasteiger partial charge in [0.25, 0.3) is 0 Å². The molecule has 8 heteroatoms. The summed E-state index contributed by atoms with van der Waals surface area (Å²) in [6, 6.07) is 5.51. The van der Waals surface area contributed by atoms with Crippen LogP contribution in [0, 0.1) is 0 Å². The molecule has 1 unspecified atom stereocenters. The Labute approximate surface area is 129 Å². The lowest BCUT2D eigenvalue weighted by Crippen LogP contribution is -2.10. The number of phenols is 1. The molecule has 21 heavy (non-hydrogen) atoms. The van der Waals surface area contributed by atoms with Crippen LogP contribution in [-0.2, 0) is 0 Å². The molecule has 2 aromatic rings. The number of halogens is 2. The third-order valence-corrected chi connectivity index (χ3v) is 3.54. The maximum absolute atomic E-state index is 10.6. The van der Waals surface area contributed by atoms with Gasteiger partial charge < -0.3 is 15.3 Å². The van der Waals surface area contributed by atoms with Crippen LogP contribution in [-0.4, -0.2) is 26.4 Å². The minimum Gasteiger partial charge on any atom is -0.508 e. The summed E-state index contributed by atoms with van der Waals surface area (Å²) in [6.45, 7) is 0. The largest absolute Gasteiger partial charge is 0.508 e. The predicted octanol–water partition coefficient (Wildman–Crippen LogP) is 3.27. The van der Waals surface area contributed by atoms with Gasteiger partial charge >= 0.3 is 6.09 Å². The summed E-state index contributed by atoms with van der Waals surface area (Å²) < 4.78 is 0. The standard InChI is InChI=1S/C13H10Cl2N2O4/c14-7-1-2-8(18)10(11(7)15)12(19)6-3-4-16-9(5-6)17-13(20)21/h1-5,12,18-19H,(H,16,17)(H,20,21). The van der Waals surface area contributed by atoms with Crippen molar-refractivity contribution in [3.63, 3.8) is 0 Å². The lowest BCUT2D eigenvalue weighted by molar-refractivity contribution is 0.209. The Kier molecular flexibility index (Phi) is 4.52. The number of hydrogen-bond donors (Lipinski definition) is 4. The monoisotopic (exact) mass is 328 g/mol. The highest BCUT2D eigenvalue weighted by molar-refractivity contribution is 6.42. The zero-order chi connectivity index (χ0) is 15.6. The second-order valence-electron chi connectivity index (χ2n) is 4.10. The first-order valence-electron chi connectivity index (χ1n) is 5.71. The number of aliphatic hydroxyl groups is 1. The molecule has 0 saturated carbocycles. The molecule has 0 radical (unpaired) electrons. The van der Waals surface area contributed by atoms with Crippen LogP contribution < -0.4 is 5.32 Å². The maximum atomic E-state index is 10.6. The fourth-order valence-corrected chi connectivity index (χ4v) is 2.21. The van der Waals surface area contributed by atoms with E-state index in [9.17, 15) is 15.0 Å². The minimum absolute atomic E-state index is 0.0220. The number of aromatic nitrogens is 1. The Balaban J connectivity index is 2.43. The molecule has 0 aliphatic heterocycles. The number of rotatable bonds is 3. The SMILES string of the molecule is O=C(O)Nc1cc(C(O)c2c(O)ccc(Cl)c2Cl)ccn1. The van der Waals surface area contributed by atoms with E-state index in [2.05, 4.69) is 10.3 Å². The number of anilines is 1. The summed E-state index contributed by atoms with van der Waals surface area (Å²) in [5.41, 5.74) is 0.338. The number of hydrogen-bond acceptors (Lipinski definition) is 4. The molecule has 4 N–H and O–H groups in total. The average molecular weight is 329 g/mol. The van der Waals surface area contributed by atoms with E-state index < -0.39 is 12.2 Å². The lowest BCUT2D eigenvalue weighted by atomic mass is 10.0. The molecule has 0 aliphatic carbocycles. The number of aromatic hydroxyl groups is 1. The number of benzene rings is 1. The number of nitrogens with one attached hydrogen (secondary N) is 1. The van der Waals surface area contributed by atoms with Gasteiger partial charge in [0.2, 0.25) is 0 Å². The van der Waals surface area contributed by atoms with Crippen LogP contribution in [0.25, 0.3) is 0 Å². The molecular weight excluding hydrogens is 319 g/mol.